The van der Waals surface area contributed by atoms with Crippen molar-refractivity contribution in [1.82, 2.24) is 10.0 Å². The van der Waals surface area contributed by atoms with Crippen LogP contribution in [0.15, 0.2) is 17.7 Å². The topological polar surface area (TPSA) is 98.2 Å². The molecule has 0 saturated carbocycles. The number of aromatic nitrogens is 1. The number of likely N-dealkylation sites (N-methyl/N-ethyl adjacent to an activating group) is 1. The highest BCUT2D eigenvalue weighted by atomic mass is 19.4. The maximum absolute atomic E-state index is 13.0. The van der Waals surface area contributed by atoms with Crippen LogP contribution in [-0.4, -0.2) is 59.8 Å². The third-order valence-corrected chi connectivity index (χ3v) is 4.07. The van der Waals surface area contributed by atoms with E-state index in [1.807, 2.05) is 0 Å². The van der Waals surface area contributed by atoms with E-state index in [2.05, 4.69) is 4.98 Å². The van der Waals surface area contributed by atoms with Crippen molar-refractivity contribution in [3.63, 3.8) is 0 Å². The van der Waals surface area contributed by atoms with Gasteiger partial charge < -0.3 is 14.6 Å². The lowest BCUT2D eigenvalue weighted by Crippen LogP contribution is -2.52. The normalized spacial score (nSPS) is 18.9. The Hall–Kier alpha value is -2.50. The molecule has 1 N–H and O–H groups in total. The van der Waals surface area contributed by atoms with Crippen molar-refractivity contribution in [2.24, 2.45) is 0 Å². The molecule has 0 aliphatic carbocycles. The Morgan fingerprint density at radius 3 is 2.52 bits per heavy atom. The number of hydroxylamine groups is 2. The van der Waals surface area contributed by atoms with E-state index in [0.717, 1.165) is 11.1 Å². The van der Waals surface area contributed by atoms with Gasteiger partial charge in [0.2, 0.25) is 5.78 Å². The van der Waals surface area contributed by atoms with Crippen molar-refractivity contribution in [3.8, 4) is 0 Å². The Morgan fingerprint density at radius 1 is 1.28 bits per heavy atom. The minimum absolute atomic E-state index is 0.0622. The fourth-order valence-electron chi connectivity index (χ4n) is 2.62. The van der Waals surface area contributed by atoms with Crippen LogP contribution in [-0.2, 0) is 36.7 Å². The number of aliphatic hydroxyl groups excluding tert-OH is 1. The molecule has 0 aromatic carbocycles. The summed E-state index contributed by atoms with van der Waals surface area (Å²) in [6, 6.07) is 1.59. The van der Waals surface area contributed by atoms with Gasteiger partial charge in [0.1, 0.15) is 17.0 Å². The minimum atomic E-state index is -4.73. The number of Topliss-reactive ketones (excluding diaryl/α,β-unsaturated/α-hetero) is 1. The number of alkyl halides is 3. The number of hydrogen-bond acceptors (Lipinski definition) is 7. The van der Waals surface area contributed by atoms with Crippen LogP contribution in [0.2, 0.25) is 0 Å². The predicted molar refractivity (Wildman–Crippen MR) is 93.3 cm³/mol. The molecule has 29 heavy (non-hydrogen) atoms. The number of ketones is 1. The summed E-state index contributed by atoms with van der Waals surface area (Å²) in [6.07, 6.45) is -4.73. The van der Waals surface area contributed by atoms with Crippen LogP contribution in [0, 0.1) is 0 Å². The molecule has 160 valence electrons. The minimum Gasteiger partial charge on any atom is -0.506 e. The molecule has 0 spiro atoms. The zero-order chi connectivity index (χ0) is 22.0. The zero-order valence-corrected chi connectivity index (χ0v) is 16.3. The number of carbonyl (C=O) groups excluding carboxylic acids is 2. The van der Waals surface area contributed by atoms with E-state index in [1.165, 1.54) is 28.0 Å². The fourth-order valence-corrected chi connectivity index (χ4v) is 2.62. The molecule has 8 nitrogen and oxygen atoms in total. The zero-order valence-electron chi connectivity index (χ0n) is 16.3. The molecule has 0 bridgehead atoms. The van der Waals surface area contributed by atoms with E-state index in [-0.39, 0.29) is 24.5 Å². The molecule has 1 aliphatic heterocycles. The average Bonchev–Trinajstić information content (AvgIpc) is 2.62. The molecule has 2 rings (SSSR count). The van der Waals surface area contributed by atoms with E-state index in [1.54, 1.807) is 0 Å². The summed E-state index contributed by atoms with van der Waals surface area (Å²) in [6.45, 7) is 2.63. The summed E-state index contributed by atoms with van der Waals surface area (Å²) < 4.78 is 49.2. The smallest absolute Gasteiger partial charge is 0.433 e. The van der Waals surface area contributed by atoms with Gasteiger partial charge in [-0.05, 0) is 26.0 Å². The first-order valence-electron chi connectivity index (χ1n) is 8.49. The van der Waals surface area contributed by atoms with Crippen molar-refractivity contribution in [3.05, 3.63) is 34.7 Å². The van der Waals surface area contributed by atoms with Gasteiger partial charge in [-0.15, -0.1) is 0 Å². The number of pyridine rings is 1. The van der Waals surface area contributed by atoms with E-state index in [0.29, 0.717) is 6.07 Å². The number of aliphatic hydroxyl groups is 1. The van der Waals surface area contributed by atoms with Crippen LogP contribution >= 0.6 is 0 Å². The van der Waals surface area contributed by atoms with Crippen molar-refractivity contribution < 1.29 is 42.2 Å². The van der Waals surface area contributed by atoms with Gasteiger partial charge in [0.25, 0.3) is 5.91 Å². The molecule has 1 amide bonds. The highest BCUT2D eigenvalue weighted by Crippen LogP contribution is 2.33. The Balaban J connectivity index is 2.56. The quantitative estimate of drug-likeness (QED) is 0.328. The van der Waals surface area contributed by atoms with Crippen molar-refractivity contribution in [2.45, 2.75) is 32.2 Å². The van der Waals surface area contributed by atoms with Crippen LogP contribution < -0.4 is 0 Å². The number of ether oxygens (including phenoxy) is 2. The number of nitrogens with zero attached hydrogens (tertiary/aromatic N) is 2. The van der Waals surface area contributed by atoms with Crippen LogP contribution in [0.4, 0.5) is 13.2 Å². The van der Waals surface area contributed by atoms with Crippen molar-refractivity contribution in [1.29, 1.82) is 0 Å². The van der Waals surface area contributed by atoms with Crippen LogP contribution in [0.25, 0.3) is 5.76 Å². The number of halogens is 3. The molecular formula is C18H21F3N2O6. The number of carbonyl (C=O) groups is 2. The van der Waals surface area contributed by atoms with Crippen LogP contribution in [0.5, 0.6) is 0 Å². The van der Waals surface area contributed by atoms with Crippen LogP contribution in [0.3, 0.4) is 0 Å². The summed E-state index contributed by atoms with van der Waals surface area (Å²) in [4.78, 5) is 33.7. The summed E-state index contributed by atoms with van der Waals surface area (Å²) in [5, 5.41) is 11.4. The van der Waals surface area contributed by atoms with E-state index >= 15 is 0 Å². The van der Waals surface area contributed by atoms with Gasteiger partial charge in [-0.3, -0.25) is 14.4 Å². The van der Waals surface area contributed by atoms with Gasteiger partial charge in [0, 0.05) is 19.7 Å². The number of rotatable bonds is 6. The number of methoxy groups -OCH3 is 1. The molecular weight excluding hydrogens is 397 g/mol. The lowest BCUT2D eigenvalue weighted by atomic mass is 9.91. The first-order valence-corrected chi connectivity index (χ1v) is 8.49. The monoisotopic (exact) mass is 418 g/mol. The number of amides is 1. The predicted octanol–water partition coefficient (Wildman–Crippen LogP) is 2.28. The van der Waals surface area contributed by atoms with Crippen molar-refractivity contribution >= 4 is 17.4 Å². The Kier molecular flexibility index (Phi) is 6.66. The molecule has 1 fully saturated rings. The largest absolute Gasteiger partial charge is 0.506 e. The maximum atomic E-state index is 13.0. The lowest BCUT2D eigenvalue weighted by Gasteiger charge is -2.35. The molecule has 2 heterocycles. The molecule has 1 aliphatic rings. The van der Waals surface area contributed by atoms with E-state index < -0.39 is 47.1 Å². The third kappa shape index (κ3) is 4.92. The van der Waals surface area contributed by atoms with Gasteiger partial charge in [-0.25, -0.2) is 10.0 Å². The second-order valence-corrected chi connectivity index (χ2v) is 6.69. The maximum Gasteiger partial charge on any atom is 0.433 e. The molecule has 1 aromatic heterocycles. The fraction of sp³-hybridized carbons (Fsp3) is 0.500. The molecule has 0 atom stereocenters. The second kappa shape index (κ2) is 8.47. The highest BCUT2D eigenvalue weighted by molar-refractivity contribution is 6.26. The SMILES string of the molecule is COCCOCc1nc(C(F)(F)F)ccc1C(O)=C1C(=O)N(C)OC(C)(C)C1=O. The van der Waals surface area contributed by atoms with E-state index in [4.69, 9.17) is 14.3 Å². The molecule has 0 radical (unpaired) electrons. The van der Waals surface area contributed by atoms with Gasteiger partial charge in [-0.2, -0.15) is 13.2 Å². The highest BCUT2D eigenvalue weighted by Gasteiger charge is 2.45. The third-order valence-electron chi connectivity index (χ3n) is 4.07. The first-order chi connectivity index (χ1) is 13.4. The van der Waals surface area contributed by atoms with E-state index in [9.17, 15) is 27.9 Å². The van der Waals surface area contributed by atoms with Gasteiger partial charge >= 0.3 is 6.18 Å². The Labute approximate surface area is 164 Å². The number of hydrogen-bond donors (Lipinski definition) is 1. The first kappa shape index (κ1) is 22.8. The molecule has 11 heteroatoms. The second-order valence-electron chi connectivity index (χ2n) is 6.69. The van der Waals surface area contributed by atoms with Crippen LogP contribution in [0.1, 0.15) is 30.8 Å². The Bertz CT molecular complexity index is 835. The summed E-state index contributed by atoms with van der Waals surface area (Å²) >= 11 is 0. The van der Waals surface area contributed by atoms with Gasteiger partial charge in [-0.1, -0.05) is 0 Å². The van der Waals surface area contributed by atoms with Crippen molar-refractivity contribution in [2.75, 3.05) is 27.4 Å². The summed E-state index contributed by atoms with van der Waals surface area (Å²) in [5.74, 6) is -2.54. The molecule has 0 unspecified atom stereocenters. The summed E-state index contributed by atoms with van der Waals surface area (Å²) in [7, 11) is 2.68. The Morgan fingerprint density at radius 2 is 1.93 bits per heavy atom. The average molecular weight is 418 g/mol. The molecule has 1 saturated heterocycles. The standard InChI is InChI=1S/C18H21F3N2O6/c1-17(2)15(25)13(16(26)23(3)29-17)14(24)10-5-6-12(18(19,20)21)22-11(10)9-28-8-7-27-4/h5-6,24H,7-9H2,1-4H3. The van der Waals surface area contributed by atoms with Gasteiger partial charge in [0.05, 0.1) is 25.5 Å². The van der Waals surface area contributed by atoms with Gasteiger partial charge in [0.15, 0.2) is 5.60 Å². The summed E-state index contributed by atoms with van der Waals surface area (Å²) in [5.41, 5.74) is -3.78. The lowest BCUT2D eigenvalue weighted by molar-refractivity contribution is -0.223. The molecule has 1 aromatic rings.